The van der Waals surface area contributed by atoms with Crippen LogP contribution in [0.2, 0.25) is 0 Å². The Balaban J connectivity index is 1.68. The van der Waals surface area contributed by atoms with Crippen molar-refractivity contribution in [3.05, 3.63) is 29.3 Å². The van der Waals surface area contributed by atoms with Crippen LogP contribution >= 0.6 is 0 Å². The Kier molecular flexibility index (Phi) is 3.97. The Labute approximate surface area is 150 Å². The van der Waals surface area contributed by atoms with Crippen LogP contribution in [0.3, 0.4) is 0 Å². The largest absolute Gasteiger partial charge is 0.393 e. The Morgan fingerprint density at radius 3 is 2.72 bits per heavy atom. The van der Waals surface area contributed by atoms with Crippen molar-refractivity contribution in [2.24, 2.45) is 23.2 Å². The summed E-state index contributed by atoms with van der Waals surface area (Å²) in [4.78, 5) is 0. The molecular weight excluding hydrogens is 336 g/mol. The fourth-order valence-corrected chi connectivity index (χ4v) is 6.61. The molecule has 138 valence electrons. The maximum Gasteiger partial charge on any atom is 0.306 e. The van der Waals surface area contributed by atoms with Gasteiger partial charge in [0.2, 0.25) is 0 Å². The van der Waals surface area contributed by atoms with Gasteiger partial charge in [-0.25, -0.2) is 0 Å². The standard InChI is InChI=1S/C20H28O4S/c1-12-10-13-11-14(24-25(3,22)23)4-5-15(13)16-8-9-20(2)17(19(12)16)6-7-18(20)21/h4-5,11-12,16-19,21H,6-10H2,1-3H3/t12-,16-,17+,18+,19-,20+/m1/s1. The summed E-state index contributed by atoms with van der Waals surface area (Å²) in [6, 6.07) is 5.79. The highest BCUT2D eigenvalue weighted by atomic mass is 32.2. The molecule has 0 aliphatic heterocycles. The molecule has 4 rings (SSSR count). The zero-order valence-electron chi connectivity index (χ0n) is 15.2. The van der Waals surface area contributed by atoms with Crippen LogP contribution in [0.4, 0.5) is 0 Å². The second-order valence-corrected chi connectivity index (χ2v) is 10.3. The van der Waals surface area contributed by atoms with Gasteiger partial charge >= 0.3 is 10.1 Å². The predicted octanol–water partition coefficient (Wildman–Crippen LogP) is 3.49. The average molecular weight is 365 g/mol. The van der Waals surface area contributed by atoms with E-state index in [1.807, 2.05) is 6.07 Å². The average Bonchev–Trinajstić information content (AvgIpc) is 2.81. The lowest BCUT2D eigenvalue weighted by Crippen LogP contribution is -2.46. The molecule has 0 unspecified atom stereocenters. The van der Waals surface area contributed by atoms with E-state index in [-0.39, 0.29) is 11.5 Å². The molecule has 0 heterocycles. The number of aliphatic hydroxyl groups is 1. The Bertz CT molecular complexity index is 787. The number of rotatable bonds is 2. The van der Waals surface area contributed by atoms with Crippen LogP contribution in [0.25, 0.3) is 0 Å². The van der Waals surface area contributed by atoms with Gasteiger partial charge in [-0.1, -0.05) is 19.9 Å². The molecule has 0 aromatic heterocycles. The smallest absolute Gasteiger partial charge is 0.306 e. The highest BCUT2D eigenvalue weighted by molar-refractivity contribution is 7.86. The molecule has 0 bridgehead atoms. The van der Waals surface area contributed by atoms with E-state index in [0.29, 0.717) is 29.4 Å². The molecule has 6 atom stereocenters. The first-order valence-corrected chi connectivity index (χ1v) is 11.2. The van der Waals surface area contributed by atoms with Crippen molar-refractivity contribution in [3.63, 3.8) is 0 Å². The molecule has 1 aromatic rings. The van der Waals surface area contributed by atoms with Gasteiger partial charge in [0.05, 0.1) is 12.4 Å². The van der Waals surface area contributed by atoms with Crippen molar-refractivity contribution in [2.45, 2.75) is 58.0 Å². The van der Waals surface area contributed by atoms with Crippen LogP contribution in [0.5, 0.6) is 5.75 Å². The summed E-state index contributed by atoms with van der Waals surface area (Å²) >= 11 is 0. The van der Waals surface area contributed by atoms with E-state index in [1.54, 1.807) is 6.07 Å². The van der Waals surface area contributed by atoms with Crippen LogP contribution < -0.4 is 4.18 Å². The fraction of sp³-hybridized carbons (Fsp3) is 0.700. The molecular formula is C20H28O4S. The van der Waals surface area contributed by atoms with Crippen molar-refractivity contribution >= 4 is 10.1 Å². The normalized spacial score (nSPS) is 40.1. The van der Waals surface area contributed by atoms with E-state index in [1.165, 1.54) is 11.1 Å². The summed E-state index contributed by atoms with van der Waals surface area (Å²) in [6.07, 6.45) is 6.14. The van der Waals surface area contributed by atoms with E-state index in [9.17, 15) is 13.5 Å². The summed E-state index contributed by atoms with van der Waals surface area (Å²) in [5.41, 5.74) is 2.68. The van der Waals surface area contributed by atoms with Crippen molar-refractivity contribution in [1.82, 2.24) is 0 Å². The molecule has 3 aliphatic rings. The van der Waals surface area contributed by atoms with Gasteiger partial charge in [-0.3, -0.25) is 0 Å². The van der Waals surface area contributed by atoms with Crippen molar-refractivity contribution in [2.75, 3.05) is 6.26 Å². The third kappa shape index (κ3) is 2.80. The lowest BCUT2D eigenvalue weighted by Gasteiger charge is -2.52. The van der Waals surface area contributed by atoms with Crippen LogP contribution in [-0.2, 0) is 16.5 Å². The topological polar surface area (TPSA) is 63.6 Å². The minimum Gasteiger partial charge on any atom is -0.393 e. The fourth-order valence-electron chi connectivity index (χ4n) is 6.15. The van der Waals surface area contributed by atoms with Gasteiger partial charge in [0, 0.05) is 0 Å². The molecule has 0 saturated heterocycles. The first-order valence-electron chi connectivity index (χ1n) is 9.39. The van der Waals surface area contributed by atoms with Crippen molar-refractivity contribution in [1.29, 1.82) is 0 Å². The summed E-state index contributed by atoms with van der Waals surface area (Å²) in [6.45, 7) is 4.61. The number of aliphatic hydroxyl groups excluding tert-OH is 1. The number of fused-ring (bicyclic) bond motifs is 5. The van der Waals surface area contributed by atoms with Gasteiger partial charge in [0.1, 0.15) is 5.75 Å². The highest BCUT2D eigenvalue weighted by Gasteiger charge is 2.55. The maximum atomic E-state index is 11.4. The second kappa shape index (κ2) is 5.71. The first-order chi connectivity index (χ1) is 11.7. The molecule has 1 aromatic carbocycles. The van der Waals surface area contributed by atoms with Crippen LogP contribution in [0, 0.1) is 23.2 Å². The molecule has 2 saturated carbocycles. The van der Waals surface area contributed by atoms with E-state index in [4.69, 9.17) is 4.18 Å². The third-order valence-electron chi connectivity index (χ3n) is 7.24. The third-order valence-corrected chi connectivity index (χ3v) is 7.74. The Morgan fingerprint density at radius 2 is 2.00 bits per heavy atom. The maximum absolute atomic E-state index is 11.4. The highest BCUT2D eigenvalue weighted by Crippen LogP contribution is 2.62. The molecule has 25 heavy (non-hydrogen) atoms. The van der Waals surface area contributed by atoms with Gasteiger partial charge in [0.25, 0.3) is 0 Å². The number of benzene rings is 1. The molecule has 0 radical (unpaired) electrons. The zero-order valence-corrected chi connectivity index (χ0v) is 16.1. The lowest BCUT2D eigenvalue weighted by molar-refractivity contribution is -0.0356. The van der Waals surface area contributed by atoms with Gasteiger partial charge < -0.3 is 9.29 Å². The van der Waals surface area contributed by atoms with Gasteiger partial charge in [-0.15, -0.1) is 0 Å². The van der Waals surface area contributed by atoms with Crippen LogP contribution in [0.1, 0.15) is 56.6 Å². The van der Waals surface area contributed by atoms with Crippen LogP contribution in [0.15, 0.2) is 18.2 Å². The summed E-state index contributed by atoms with van der Waals surface area (Å²) in [5.74, 6) is 2.69. The molecule has 4 nitrogen and oxygen atoms in total. The lowest BCUT2D eigenvalue weighted by atomic mass is 9.53. The first kappa shape index (κ1) is 17.3. The summed E-state index contributed by atoms with van der Waals surface area (Å²) in [5, 5.41) is 10.5. The van der Waals surface area contributed by atoms with E-state index >= 15 is 0 Å². The monoisotopic (exact) mass is 364 g/mol. The quantitative estimate of drug-likeness (QED) is 0.816. The molecule has 0 amide bonds. The number of hydrogen-bond donors (Lipinski definition) is 1. The van der Waals surface area contributed by atoms with Crippen LogP contribution in [-0.4, -0.2) is 25.9 Å². The molecule has 3 aliphatic carbocycles. The van der Waals surface area contributed by atoms with Gasteiger partial charge in [0.15, 0.2) is 0 Å². The minimum absolute atomic E-state index is 0.0757. The molecule has 1 N–H and O–H groups in total. The Hall–Kier alpha value is -1.07. The van der Waals surface area contributed by atoms with Gasteiger partial charge in [-0.05, 0) is 84.5 Å². The molecule has 2 fully saturated rings. The molecule has 5 heteroatoms. The SMILES string of the molecule is C[C@@H]1Cc2cc(OS(C)(=O)=O)ccc2[C@H]2CC[C@]3(C)[C@@H](O)CC[C@H]3[C@H]12. The summed E-state index contributed by atoms with van der Waals surface area (Å²) in [7, 11) is -3.49. The Morgan fingerprint density at radius 1 is 1.24 bits per heavy atom. The predicted molar refractivity (Wildman–Crippen MR) is 97.1 cm³/mol. The second-order valence-electron chi connectivity index (χ2n) is 8.76. The van der Waals surface area contributed by atoms with E-state index in [0.717, 1.165) is 38.4 Å². The van der Waals surface area contributed by atoms with Gasteiger partial charge in [-0.2, -0.15) is 8.42 Å². The van der Waals surface area contributed by atoms with E-state index < -0.39 is 10.1 Å². The van der Waals surface area contributed by atoms with E-state index in [2.05, 4.69) is 19.9 Å². The zero-order chi connectivity index (χ0) is 18.0. The summed E-state index contributed by atoms with van der Waals surface area (Å²) < 4.78 is 27.9. The van der Waals surface area contributed by atoms with Crippen molar-refractivity contribution in [3.8, 4) is 5.75 Å². The van der Waals surface area contributed by atoms with Crippen molar-refractivity contribution < 1.29 is 17.7 Å². The molecule has 0 spiro atoms. The number of hydrogen-bond acceptors (Lipinski definition) is 4. The minimum atomic E-state index is -3.49.